The lowest BCUT2D eigenvalue weighted by atomic mass is 9.98. The van der Waals surface area contributed by atoms with E-state index in [9.17, 15) is 14.7 Å². The Bertz CT molecular complexity index is 460. The summed E-state index contributed by atoms with van der Waals surface area (Å²) in [4.78, 5) is 23.0. The predicted octanol–water partition coefficient (Wildman–Crippen LogP) is 2.45. The highest BCUT2D eigenvalue weighted by atomic mass is 16.4. The lowest BCUT2D eigenvalue weighted by Gasteiger charge is -2.18. The Morgan fingerprint density at radius 2 is 1.62 bits per heavy atom. The number of carbonyl (C=O) groups is 2. The molecule has 116 valence electrons. The molecule has 0 bridgehead atoms. The first-order valence-electron chi connectivity index (χ1n) is 7.21. The molecule has 21 heavy (non-hydrogen) atoms. The molecule has 0 spiro atoms. The fourth-order valence-corrected chi connectivity index (χ4v) is 1.78. The highest BCUT2D eigenvalue weighted by Gasteiger charge is 2.20. The Hall–Kier alpha value is -2.04. The van der Waals surface area contributed by atoms with E-state index in [1.165, 1.54) is 0 Å². The van der Waals surface area contributed by atoms with Crippen molar-refractivity contribution in [3.63, 3.8) is 0 Å². The molecule has 2 unspecified atom stereocenters. The largest absolute Gasteiger partial charge is 0.481 e. The maximum Gasteiger partial charge on any atom is 0.314 e. The second-order valence-electron chi connectivity index (χ2n) is 5.61. The highest BCUT2D eigenvalue weighted by molar-refractivity contribution is 5.79. The molecule has 0 aliphatic rings. The van der Waals surface area contributed by atoms with Gasteiger partial charge in [-0.15, -0.1) is 0 Å². The van der Waals surface area contributed by atoms with E-state index < -0.39 is 11.9 Å². The van der Waals surface area contributed by atoms with Gasteiger partial charge in [-0.3, -0.25) is 4.79 Å². The zero-order chi connectivity index (χ0) is 15.8. The van der Waals surface area contributed by atoms with E-state index in [1.807, 2.05) is 6.07 Å². The Labute approximate surface area is 125 Å². The number of carboxylic acids is 1. The average Bonchev–Trinajstić information content (AvgIpc) is 2.45. The zero-order valence-corrected chi connectivity index (χ0v) is 12.8. The predicted molar refractivity (Wildman–Crippen MR) is 82.2 cm³/mol. The quantitative estimate of drug-likeness (QED) is 0.722. The summed E-state index contributed by atoms with van der Waals surface area (Å²) in [5.74, 6) is -0.821. The summed E-state index contributed by atoms with van der Waals surface area (Å²) in [6.45, 7) is 6.91. The van der Waals surface area contributed by atoms with Gasteiger partial charge >= 0.3 is 12.0 Å². The van der Waals surface area contributed by atoms with E-state index in [1.54, 1.807) is 24.3 Å². The lowest BCUT2D eigenvalue weighted by Crippen LogP contribution is -2.41. The van der Waals surface area contributed by atoms with Crippen molar-refractivity contribution in [3.05, 3.63) is 35.9 Å². The van der Waals surface area contributed by atoms with E-state index in [0.29, 0.717) is 23.9 Å². The van der Waals surface area contributed by atoms with Gasteiger partial charge in [-0.2, -0.15) is 0 Å². The van der Waals surface area contributed by atoms with Crippen LogP contribution < -0.4 is 10.6 Å². The van der Waals surface area contributed by atoms with Gasteiger partial charge in [0.2, 0.25) is 0 Å². The third kappa shape index (κ3) is 5.85. The van der Waals surface area contributed by atoms with Crippen LogP contribution in [0.1, 0.15) is 32.3 Å². The van der Waals surface area contributed by atoms with Crippen LogP contribution in [0.3, 0.4) is 0 Å². The fraction of sp³-hybridized carbons (Fsp3) is 0.500. The minimum Gasteiger partial charge on any atom is -0.481 e. The smallest absolute Gasteiger partial charge is 0.314 e. The van der Waals surface area contributed by atoms with Crippen LogP contribution in [0.2, 0.25) is 0 Å². The minimum atomic E-state index is -0.947. The molecule has 1 aromatic carbocycles. The Kier molecular flexibility index (Phi) is 6.72. The Morgan fingerprint density at radius 3 is 2.14 bits per heavy atom. The number of aliphatic carboxylic acids is 1. The van der Waals surface area contributed by atoms with Gasteiger partial charge in [0.25, 0.3) is 0 Å². The maximum absolute atomic E-state index is 11.7. The second kappa shape index (κ2) is 8.29. The summed E-state index contributed by atoms with van der Waals surface area (Å²) in [6, 6.07) is 8.57. The van der Waals surface area contributed by atoms with E-state index in [2.05, 4.69) is 31.4 Å². The molecule has 0 fully saturated rings. The molecule has 1 aromatic rings. The van der Waals surface area contributed by atoms with Gasteiger partial charge < -0.3 is 15.7 Å². The first-order chi connectivity index (χ1) is 9.91. The Morgan fingerprint density at radius 1 is 1.05 bits per heavy atom. The van der Waals surface area contributed by atoms with E-state index in [0.717, 1.165) is 0 Å². The number of benzene rings is 1. The standard InChI is InChI=1S/C16H24N2O3/c1-11(2)12(3)9-17-16(21)18-10-14(15(19)20)13-7-5-4-6-8-13/h4-8,11-12,14H,9-10H2,1-3H3,(H,19,20)(H2,17,18,21). The number of nitrogens with one attached hydrogen (secondary N) is 2. The van der Waals surface area contributed by atoms with Gasteiger partial charge in [0.05, 0.1) is 5.92 Å². The molecule has 5 heteroatoms. The molecule has 2 atom stereocenters. The molecule has 5 nitrogen and oxygen atoms in total. The zero-order valence-electron chi connectivity index (χ0n) is 12.8. The molecule has 0 radical (unpaired) electrons. The number of hydrogen-bond acceptors (Lipinski definition) is 2. The number of hydrogen-bond donors (Lipinski definition) is 3. The summed E-state index contributed by atoms with van der Waals surface area (Å²) < 4.78 is 0. The summed E-state index contributed by atoms with van der Waals surface area (Å²) in [5.41, 5.74) is 0.681. The number of rotatable bonds is 7. The van der Waals surface area contributed by atoms with Crippen LogP contribution in [0.25, 0.3) is 0 Å². The molecule has 0 saturated carbocycles. The molecule has 2 amide bonds. The number of carboxylic acid groups (broad SMARTS) is 1. The van der Waals surface area contributed by atoms with E-state index in [-0.39, 0.29) is 12.6 Å². The molecule has 0 saturated heterocycles. The molecule has 0 aliphatic heterocycles. The van der Waals surface area contributed by atoms with Crippen LogP contribution in [0.4, 0.5) is 4.79 Å². The molecule has 0 aromatic heterocycles. The number of urea groups is 1. The molecule has 0 aliphatic carbocycles. The molecule has 3 N–H and O–H groups in total. The van der Waals surface area contributed by atoms with Gasteiger partial charge in [0.15, 0.2) is 0 Å². The molecular formula is C16H24N2O3. The molecular weight excluding hydrogens is 268 g/mol. The number of carbonyl (C=O) groups excluding carboxylic acids is 1. The van der Waals surface area contributed by atoms with Crippen molar-refractivity contribution in [1.82, 2.24) is 10.6 Å². The topological polar surface area (TPSA) is 78.4 Å². The normalized spacial score (nSPS) is 13.5. The van der Waals surface area contributed by atoms with Crippen LogP contribution in [0.15, 0.2) is 30.3 Å². The lowest BCUT2D eigenvalue weighted by molar-refractivity contribution is -0.138. The summed E-state index contributed by atoms with van der Waals surface area (Å²) in [7, 11) is 0. The van der Waals surface area contributed by atoms with Gasteiger partial charge in [-0.1, -0.05) is 51.1 Å². The van der Waals surface area contributed by atoms with Crippen molar-refractivity contribution in [3.8, 4) is 0 Å². The average molecular weight is 292 g/mol. The van der Waals surface area contributed by atoms with Crippen molar-refractivity contribution in [2.75, 3.05) is 13.1 Å². The number of amides is 2. The van der Waals surface area contributed by atoms with Crippen molar-refractivity contribution in [2.24, 2.45) is 11.8 Å². The van der Waals surface area contributed by atoms with Crippen LogP contribution in [-0.2, 0) is 4.79 Å². The van der Waals surface area contributed by atoms with Crippen molar-refractivity contribution in [2.45, 2.75) is 26.7 Å². The second-order valence-corrected chi connectivity index (χ2v) is 5.61. The van der Waals surface area contributed by atoms with Gasteiger partial charge in [-0.25, -0.2) is 4.79 Å². The van der Waals surface area contributed by atoms with Crippen molar-refractivity contribution >= 4 is 12.0 Å². The molecule has 1 rings (SSSR count). The van der Waals surface area contributed by atoms with Crippen LogP contribution in [-0.4, -0.2) is 30.2 Å². The van der Waals surface area contributed by atoms with E-state index >= 15 is 0 Å². The van der Waals surface area contributed by atoms with E-state index in [4.69, 9.17) is 0 Å². The Balaban J connectivity index is 2.47. The van der Waals surface area contributed by atoms with Gasteiger partial charge in [-0.05, 0) is 17.4 Å². The highest BCUT2D eigenvalue weighted by Crippen LogP contribution is 2.14. The van der Waals surface area contributed by atoms with Crippen molar-refractivity contribution < 1.29 is 14.7 Å². The van der Waals surface area contributed by atoms with Crippen molar-refractivity contribution in [1.29, 1.82) is 0 Å². The monoisotopic (exact) mass is 292 g/mol. The summed E-state index contributed by atoms with van der Waals surface area (Å²) in [6.07, 6.45) is 0. The third-order valence-electron chi connectivity index (χ3n) is 3.69. The van der Waals surface area contributed by atoms with Gasteiger partial charge in [0.1, 0.15) is 0 Å². The van der Waals surface area contributed by atoms with Crippen LogP contribution >= 0.6 is 0 Å². The summed E-state index contributed by atoms with van der Waals surface area (Å²) >= 11 is 0. The van der Waals surface area contributed by atoms with Gasteiger partial charge in [0, 0.05) is 13.1 Å². The fourth-order valence-electron chi connectivity index (χ4n) is 1.78. The SMILES string of the molecule is CC(C)C(C)CNC(=O)NCC(C(=O)O)c1ccccc1. The van der Waals surface area contributed by atoms with Crippen LogP contribution in [0, 0.1) is 11.8 Å². The minimum absolute atomic E-state index is 0.0707. The van der Waals surface area contributed by atoms with Crippen LogP contribution in [0.5, 0.6) is 0 Å². The first-order valence-corrected chi connectivity index (χ1v) is 7.21. The molecule has 0 heterocycles. The third-order valence-corrected chi connectivity index (χ3v) is 3.69. The maximum atomic E-state index is 11.7. The summed E-state index contributed by atoms with van der Waals surface area (Å²) in [5, 5.41) is 14.7. The first kappa shape index (κ1) is 17.0.